The second kappa shape index (κ2) is 7.55. The van der Waals surface area contributed by atoms with E-state index < -0.39 is 5.97 Å². The summed E-state index contributed by atoms with van der Waals surface area (Å²) < 4.78 is 5.26. The van der Waals surface area contributed by atoms with Crippen molar-refractivity contribution in [3.63, 3.8) is 0 Å². The molecule has 2 rings (SSSR count). The standard InChI is InChI=1S/C13H18N4O4/c18-12(16-15-11-3-1-2-4-14-11)8-17-5-6-21-9-10(17)7-13(19)20/h1-4,10H,5-9H2,(H,14,15)(H,16,18)(H,19,20). The number of nitrogens with one attached hydrogen (secondary N) is 2. The molecule has 0 bridgehead atoms. The maximum atomic E-state index is 11.9. The van der Waals surface area contributed by atoms with Gasteiger partial charge in [-0.05, 0) is 12.1 Å². The van der Waals surface area contributed by atoms with Crippen LogP contribution in [0.4, 0.5) is 5.82 Å². The second-order valence-corrected chi connectivity index (χ2v) is 4.69. The lowest BCUT2D eigenvalue weighted by molar-refractivity contribution is -0.141. The molecule has 1 saturated heterocycles. The van der Waals surface area contributed by atoms with Gasteiger partial charge in [0.25, 0.3) is 5.91 Å². The summed E-state index contributed by atoms with van der Waals surface area (Å²) in [5.74, 6) is -0.615. The van der Waals surface area contributed by atoms with Crippen LogP contribution in [0.15, 0.2) is 24.4 Å². The Labute approximate surface area is 122 Å². The largest absolute Gasteiger partial charge is 0.481 e. The first-order valence-electron chi connectivity index (χ1n) is 6.64. The van der Waals surface area contributed by atoms with Gasteiger partial charge in [-0.15, -0.1) is 0 Å². The summed E-state index contributed by atoms with van der Waals surface area (Å²) in [6.07, 6.45) is 1.57. The number of hydrogen-bond donors (Lipinski definition) is 3. The number of pyridine rings is 1. The fraction of sp³-hybridized carbons (Fsp3) is 0.462. The predicted octanol–water partition coefficient (Wildman–Crippen LogP) is -0.300. The average molecular weight is 294 g/mol. The quantitative estimate of drug-likeness (QED) is 0.619. The lowest BCUT2D eigenvalue weighted by Crippen LogP contribution is -2.51. The van der Waals surface area contributed by atoms with E-state index in [-0.39, 0.29) is 24.9 Å². The van der Waals surface area contributed by atoms with Crippen molar-refractivity contribution in [2.24, 2.45) is 0 Å². The normalized spacial score (nSPS) is 19.0. The maximum Gasteiger partial charge on any atom is 0.305 e. The summed E-state index contributed by atoms with van der Waals surface area (Å²) in [7, 11) is 0. The van der Waals surface area contributed by atoms with Gasteiger partial charge in [-0.25, -0.2) is 4.98 Å². The fourth-order valence-electron chi connectivity index (χ4n) is 2.08. The zero-order chi connectivity index (χ0) is 15.1. The van der Waals surface area contributed by atoms with Crippen molar-refractivity contribution < 1.29 is 19.4 Å². The molecule has 1 fully saturated rings. The lowest BCUT2D eigenvalue weighted by atomic mass is 10.1. The van der Waals surface area contributed by atoms with Gasteiger partial charge < -0.3 is 9.84 Å². The molecule has 114 valence electrons. The van der Waals surface area contributed by atoms with Gasteiger partial charge in [-0.2, -0.15) is 0 Å². The summed E-state index contributed by atoms with van der Waals surface area (Å²) in [5, 5.41) is 8.87. The van der Waals surface area contributed by atoms with E-state index >= 15 is 0 Å². The number of carbonyl (C=O) groups is 2. The summed E-state index contributed by atoms with van der Waals surface area (Å²) in [6.45, 7) is 1.47. The zero-order valence-electron chi connectivity index (χ0n) is 11.5. The molecular formula is C13H18N4O4. The van der Waals surface area contributed by atoms with E-state index in [2.05, 4.69) is 15.8 Å². The second-order valence-electron chi connectivity index (χ2n) is 4.69. The molecule has 1 aliphatic rings. The highest BCUT2D eigenvalue weighted by atomic mass is 16.5. The van der Waals surface area contributed by atoms with Crippen LogP contribution in [0, 0.1) is 0 Å². The third kappa shape index (κ3) is 5.01. The van der Waals surface area contributed by atoms with E-state index in [1.165, 1.54) is 0 Å². The molecule has 1 aromatic heterocycles. The molecule has 0 radical (unpaired) electrons. The van der Waals surface area contributed by atoms with Crippen molar-refractivity contribution in [1.29, 1.82) is 0 Å². The Morgan fingerprint density at radius 3 is 3.05 bits per heavy atom. The van der Waals surface area contributed by atoms with Crippen LogP contribution in [0.5, 0.6) is 0 Å². The van der Waals surface area contributed by atoms with Gasteiger partial charge in [0.2, 0.25) is 0 Å². The summed E-state index contributed by atoms with van der Waals surface area (Å²) in [4.78, 5) is 28.5. The molecular weight excluding hydrogens is 276 g/mol. The number of hydrogen-bond acceptors (Lipinski definition) is 6. The molecule has 1 unspecified atom stereocenters. The number of carbonyl (C=O) groups excluding carboxylic acids is 1. The van der Waals surface area contributed by atoms with Gasteiger partial charge in [-0.3, -0.25) is 25.3 Å². The highest BCUT2D eigenvalue weighted by Gasteiger charge is 2.26. The molecule has 1 atom stereocenters. The van der Waals surface area contributed by atoms with Crippen LogP contribution in [0.1, 0.15) is 6.42 Å². The Morgan fingerprint density at radius 1 is 1.48 bits per heavy atom. The molecule has 0 aliphatic carbocycles. The molecule has 1 aromatic rings. The van der Waals surface area contributed by atoms with Crippen molar-refractivity contribution >= 4 is 17.7 Å². The first-order chi connectivity index (χ1) is 10.1. The number of anilines is 1. The minimum Gasteiger partial charge on any atom is -0.481 e. The number of ether oxygens (including phenoxy) is 1. The first-order valence-corrected chi connectivity index (χ1v) is 6.64. The number of morpholine rings is 1. The van der Waals surface area contributed by atoms with E-state index in [0.717, 1.165) is 0 Å². The van der Waals surface area contributed by atoms with Gasteiger partial charge in [-0.1, -0.05) is 6.07 Å². The predicted molar refractivity (Wildman–Crippen MR) is 74.4 cm³/mol. The third-order valence-electron chi connectivity index (χ3n) is 3.10. The van der Waals surface area contributed by atoms with Gasteiger partial charge in [0.1, 0.15) is 5.82 Å². The smallest absolute Gasteiger partial charge is 0.305 e. The molecule has 1 aliphatic heterocycles. The van der Waals surface area contributed by atoms with E-state index in [4.69, 9.17) is 9.84 Å². The molecule has 21 heavy (non-hydrogen) atoms. The fourth-order valence-corrected chi connectivity index (χ4v) is 2.08. The minimum absolute atomic E-state index is 0.0407. The lowest BCUT2D eigenvalue weighted by Gasteiger charge is -2.34. The number of aliphatic carboxylic acids is 1. The molecule has 0 spiro atoms. The number of amides is 1. The van der Waals surface area contributed by atoms with Gasteiger partial charge in [0.15, 0.2) is 0 Å². The monoisotopic (exact) mass is 294 g/mol. The molecule has 2 heterocycles. The van der Waals surface area contributed by atoms with Crippen LogP contribution >= 0.6 is 0 Å². The number of hydrazine groups is 1. The van der Waals surface area contributed by atoms with Crippen LogP contribution < -0.4 is 10.9 Å². The van der Waals surface area contributed by atoms with Gasteiger partial charge in [0, 0.05) is 18.8 Å². The maximum absolute atomic E-state index is 11.9. The summed E-state index contributed by atoms with van der Waals surface area (Å²) >= 11 is 0. The van der Waals surface area contributed by atoms with Crippen molar-refractivity contribution in [3.8, 4) is 0 Å². The van der Waals surface area contributed by atoms with E-state index in [1.807, 2.05) is 4.90 Å². The molecule has 0 saturated carbocycles. The SMILES string of the molecule is O=C(O)CC1COCCN1CC(=O)NNc1ccccn1. The minimum atomic E-state index is -0.900. The molecule has 0 aromatic carbocycles. The number of rotatable bonds is 6. The van der Waals surface area contributed by atoms with Crippen molar-refractivity contribution in [3.05, 3.63) is 24.4 Å². The number of aromatic nitrogens is 1. The van der Waals surface area contributed by atoms with Crippen molar-refractivity contribution in [2.45, 2.75) is 12.5 Å². The summed E-state index contributed by atoms with van der Waals surface area (Å²) in [6, 6.07) is 5.02. The van der Waals surface area contributed by atoms with E-state index in [1.54, 1.807) is 24.4 Å². The zero-order valence-corrected chi connectivity index (χ0v) is 11.5. The van der Waals surface area contributed by atoms with E-state index in [9.17, 15) is 9.59 Å². The highest BCUT2D eigenvalue weighted by Crippen LogP contribution is 2.10. The Bertz CT molecular complexity index is 482. The highest BCUT2D eigenvalue weighted by molar-refractivity contribution is 5.79. The van der Waals surface area contributed by atoms with Crippen molar-refractivity contribution in [2.75, 3.05) is 31.7 Å². The molecule has 8 nitrogen and oxygen atoms in total. The van der Waals surface area contributed by atoms with E-state index in [0.29, 0.717) is 25.6 Å². The Hall–Kier alpha value is -2.19. The van der Waals surface area contributed by atoms with Crippen LogP contribution in [-0.2, 0) is 14.3 Å². The van der Waals surface area contributed by atoms with Crippen LogP contribution in [0.2, 0.25) is 0 Å². The van der Waals surface area contributed by atoms with Gasteiger partial charge in [0.05, 0.1) is 26.2 Å². The Balaban J connectivity index is 1.81. The number of nitrogens with zero attached hydrogens (tertiary/aromatic N) is 2. The first kappa shape index (κ1) is 15.2. The number of carboxylic acids is 1. The third-order valence-corrected chi connectivity index (χ3v) is 3.10. The Morgan fingerprint density at radius 2 is 2.33 bits per heavy atom. The van der Waals surface area contributed by atoms with Crippen LogP contribution in [0.25, 0.3) is 0 Å². The topological polar surface area (TPSA) is 104 Å². The summed E-state index contributed by atoms with van der Waals surface area (Å²) in [5.41, 5.74) is 5.24. The molecule has 8 heteroatoms. The molecule has 1 amide bonds. The Kier molecular flexibility index (Phi) is 5.47. The van der Waals surface area contributed by atoms with Gasteiger partial charge >= 0.3 is 5.97 Å². The van der Waals surface area contributed by atoms with Crippen LogP contribution in [-0.4, -0.2) is 59.2 Å². The average Bonchev–Trinajstić information content (AvgIpc) is 2.48. The van der Waals surface area contributed by atoms with Crippen molar-refractivity contribution in [1.82, 2.24) is 15.3 Å². The number of carboxylic acid groups (broad SMARTS) is 1. The molecule has 3 N–H and O–H groups in total. The van der Waals surface area contributed by atoms with Crippen LogP contribution in [0.3, 0.4) is 0 Å².